The molecule has 0 saturated carbocycles. The van der Waals surface area contributed by atoms with Crippen LogP contribution < -0.4 is 0 Å². The van der Waals surface area contributed by atoms with E-state index in [-0.39, 0.29) is 46.2 Å². The highest BCUT2D eigenvalue weighted by Crippen LogP contribution is 2.32. The number of Topliss-reactive ketones (excluding diaryl/α,β-unsaturated/α-hetero) is 6. The molecule has 0 saturated heterocycles. The van der Waals surface area contributed by atoms with Gasteiger partial charge in [-0.05, 0) is 37.1 Å². The van der Waals surface area contributed by atoms with Gasteiger partial charge in [0.05, 0.1) is 0 Å². The smallest absolute Gasteiger partial charge is 0.193 e. The normalized spacial score (nSPS) is 18.4. The van der Waals surface area contributed by atoms with Crippen LogP contribution in [0.25, 0.3) is 0 Å². The van der Waals surface area contributed by atoms with Crippen LogP contribution in [0, 0.1) is 11.8 Å². The second-order valence-corrected chi connectivity index (χ2v) is 9.31. The van der Waals surface area contributed by atoms with E-state index in [2.05, 4.69) is 0 Å². The van der Waals surface area contributed by atoms with Gasteiger partial charge in [0.1, 0.15) is 11.8 Å². The summed E-state index contributed by atoms with van der Waals surface area (Å²) in [7, 11) is 0. The fourth-order valence-electron chi connectivity index (χ4n) is 4.81. The summed E-state index contributed by atoms with van der Waals surface area (Å²) in [6, 6.07) is 8.18. The van der Waals surface area contributed by atoms with Crippen molar-refractivity contribution < 1.29 is 33.6 Å². The summed E-state index contributed by atoms with van der Waals surface area (Å²) in [5.41, 5.74) is 0.543. The lowest BCUT2D eigenvalue weighted by molar-refractivity contribution is -0.121. The standard InChI is InChI=1S/C29H26O7/c1-3-5-7-21(30)23-26(33)17-11-9-15(13-19(17)28(23)35)25(32)16-10-12-18-20(14-16)29(36)24(27(18)34)22(31)8-6-4-2/h9-14,23-24H,3-8H2,1-2H3. The largest absolute Gasteiger partial charge is 0.298 e. The molecule has 0 N–H and O–H groups in total. The lowest BCUT2D eigenvalue weighted by Gasteiger charge is -2.05. The summed E-state index contributed by atoms with van der Waals surface area (Å²) >= 11 is 0. The van der Waals surface area contributed by atoms with E-state index in [0.717, 1.165) is 12.8 Å². The van der Waals surface area contributed by atoms with Crippen LogP contribution >= 0.6 is 0 Å². The van der Waals surface area contributed by atoms with Gasteiger partial charge in [-0.15, -0.1) is 0 Å². The van der Waals surface area contributed by atoms with E-state index in [1.54, 1.807) is 0 Å². The first-order valence-corrected chi connectivity index (χ1v) is 12.3. The van der Waals surface area contributed by atoms with Crippen LogP contribution in [0.3, 0.4) is 0 Å². The van der Waals surface area contributed by atoms with Crippen molar-refractivity contribution in [3.05, 3.63) is 69.8 Å². The minimum Gasteiger partial charge on any atom is -0.298 e. The quantitative estimate of drug-likeness (QED) is 0.360. The summed E-state index contributed by atoms with van der Waals surface area (Å²) < 4.78 is 0. The topological polar surface area (TPSA) is 119 Å². The Morgan fingerprint density at radius 3 is 1.31 bits per heavy atom. The lowest BCUT2D eigenvalue weighted by Crippen LogP contribution is -2.25. The number of carbonyl (C=O) groups is 7. The summed E-state index contributed by atoms with van der Waals surface area (Å²) in [6.07, 6.45) is 2.97. The Hall–Kier alpha value is -3.87. The minimum absolute atomic E-state index is 0.0368. The van der Waals surface area contributed by atoms with E-state index in [1.807, 2.05) is 13.8 Å². The molecule has 0 bridgehead atoms. The molecule has 7 heteroatoms. The number of carbonyl (C=O) groups excluding carboxylic acids is 7. The van der Waals surface area contributed by atoms with E-state index in [1.165, 1.54) is 36.4 Å². The molecular formula is C29H26O7. The minimum atomic E-state index is -1.36. The molecule has 2 aromatic carbocycles. The Kier molecular flexibility index (Phi) is 7.02. The zero-order chi connectivity index (χ0) is 26.1. The van der Waals surface area contributed by atoms with E-state index >= 15 is 0 Å². The molecule has 0 aromatic heterocycles. The maximum Gasteiger partial charge on any atom is 0.193 e. The number of unbranched alkanes of at least 4 members (excludes halogenated alkanes) is 2. The van der Waals surface area contributed by atoms with Crippen LogP contribution in [0.4, 0.5) is 0 Å². The van der Waals surface area contributed by atoms with Crippen molar-refractivity contribution in [2.75, 3.05) is 0 Å². The van der Waals surface area contributed by atoms with Crippen LogP contribution in [0.5, 0.6) is 0 Å². The van der Waals surface area contributed by atoms with Gasteiger partial charge in [-0.25, -0.2) is 0 Å². The van der Waals surface area contributed by atoms with Crippen LogP contribution in [0.15, 0.2) is 36.4 Å². The van der Waals surface area contributed by atoms with E-state index in [0.29, 0.717) is 12.8 Å². The third-order valence-electron chi connectivity index (χ3n) is 6.87. The molecule has 7 nitrogen and oxygen atoms in total. The molecular weight excluding hydrogens is 460 g/mol. The molecule has 2 aliphatic carbocycles. The molecule has 0 fully saturated rings. The average molecular weight is 487 g/mol. The molecule has 0 heterocycles. The molecule has 184 valence electrons. The number of hydrogen-bond donors (Lipinski definition) is 0. The van der Waals surface area contributed by atoms with Crippen molar-refractivity contribution in [1.29, 1.82) is 0 Å². The zero-order valence-electron chi connectivity index (χ0n) is 20.2. The van der Waals surface area contributed by atoms with Gasteiger partial charge in [0, 0.05) is 46.2 Å². The molecule has 2 aromatic rings. The molecule has 4 rings (SSSR count). The van der Waals surface area contributed by atoms with Crippen LogP contribution in [-0.2, 0) is 9.59 Å². The van der Waals surface area contributed by atoms with Crippen molar-refractivity contribution in [1.82, 2.24) is 0 Å². The second kappa shape index (κ2) is 10.0. The highest BCUT2D eigenvalue weighted by atomic mass is 16.2. The van der Waals surface area contributed by atoms with Gasteiger partial charge in [-0.2, -0.15) is 0 Å². The molecule has 0 radical (unpaired) electrons. The molecule has 0 spiro atoms. The maximum atomic E-state index is 13.2. The highest BCUT2D eigenvalue weighted by molar-refractivity contribution is 6.37. The Bertz CT molecular complexity index is 1250. The second-order valence-electron chi connectivity index (χ2n) is 9.31. The zero-order valence-corrected chi connectivity index (χ0v) is 20.2. The third-order valence-corrected chi connectivity index (χ3v) is 6.87. The molecule has 36 heavy (non-hydrogen) atoms. The molecule has 2 unspecified atom stereocenters. The van der Waals surface area contributed by atoms with E-state index in [9.17, 15) is 33.6 Å². The fourth-order valence-corrected chi connectivity index (χ4v) is 4.81. The average Bonchev–Trinajstić information content (AvgIpc) is 3.28. The predicted octanol–water partition coefficient (Wildman–Crippen LogP) is 4.43. The first-order valence-electron chi connectivity index (χ1n) is 12.3. The monoisotopic (exact) mass is 486 g/mol. The molecule has 0 amide bonds. The van der Waals surface area contributed by atoms with Crippen molar-refractivity contribution in [2.45, 2.75) is 52.4 Å². The first kappa shape index (κ1) is 25.2. The van der Waals surface area contributed by atoms with Crippen LogP contribution in [0.2, 0.25) is 0 Å². The van der Waals surface area contributed by atoms with Crippen molar-refractivity contribution in [2.24, 2.45) is 11.8 Å². The van der Waals surface area contributed by atoms with Crippen molar-refractivity contribution in [3.8, 4) is 0 Å². The van der Waals surface area contributed by atoms with Gasteiger partial charge in [-0.3, -0.25) is 33.6 Å². The number of rotatable bonds is 10. The summed E-state index contributed by atoms with van der Waals surface area (Å²) in [4.78, 5) is 89.2. The third kappa shape index (κ3) is 4.19. The lowest BCUT2D eigenvalue weighted by atomic mass is 9.94. The Morgan fingerprint density at radius 2 is 0.944 bits per heavy atom. The van der Waals surface area contributed by atoms with Crippen molar-refractivity contribution in [3.63, 3.8) is 0 Å². The Morgan fingerprint density at radius 1 is 0.583 bits per heavy atom. The summed E-state index contributed by atoms with van der Waals surface area (Å²) in [5.74, 6) is -6.36. The highest BCUT2D eigenvalue weighted by Gasteiger charge is 2.44. The van der Waals surface area contributed by atoms with Gasteiger partial charge in [-0.1, -0.05) is 38.8 Å². The van der Waals surface area contributed by atoms with Crippen LogP contribution in [-0.4, -0.2) is 40.5 Å². The van der Waals surface area contributed by atoms with Gasteiger partial charge in [0.25, 0.3) is 0 Å². The van der Waals surface area contributed by atoms with Gasteiger partial charge >= 0.3 is 0 Å². The number of benzene rings is 2. The van der Waals surface area contributed by atoms with E-state index < -0.39 is 52.3 Å². The predicted molar refractivity (Wildman–Crippen MR) is 130 cm³/mol. The molecule has 2 atom stereocenters. The number of fused-ring (bicyclic) bond motifs is 2. The van der Waals surface area contributed by atoms with Gasteiger partial charge in [0.2, 0.25) is 0 Å². The maximum absolute atomic E-state index is 13.2. The Labute approximate surface area is 208 Å². The summed E-state index contributed by atoms with van der Waals surface area (Å²) in [5, 5.41) is 0. The first-order chi connectivity index (χ1) is 17.2. The summed E-state index contributed by atoms with van der Waals surface area (Å²) in [6.45, 7) is 3.82. The van der Waals surface area contributed by atoms with Crippen LogP contribution in [0.1, 0.15) is 110 Å². The number of hydrogen-bond acceptors (Lipinski definition) is 7. The molecule has 0 aliphatic heterocycles. The van der Waals surface area contributed by atoms with Gasteiger partial charge in [0.15, 0.2) is 40.5 Å². The van der Waals surface area contributed by atoms with Gasteiger partial charge < -0.3 is 0 Å². The van der Waals surface area contributed by atoms with Crippen molar-refractivity contribution >= 4 is 40.5 Å². The molecule has 2 aliphatic rings. The Balaban J connectivity index is 1.60. The SMILES string of the molecule is CCCCC(=O)C1C(=O)c2ccc(C(=O)c3ccc4c(c3)C(=O)C(C(=O)CCCC)C4=O)cc2C1=O. The van der Waals surface area contributed by atoms with E-state index in [4.69, 9.17) is 0 Å². The fraction of sp³-hybridized carbons (Fsp3) is 0.345. The number of ketones is 7.